The highest BCUT2D eigenvalue weighted by Gasteiger charge is 2.23. The molecule has 16 aromatic carbocycles. The molecular formula is C106H65N9O. The first-order chi connectivity index (χ1) is 57.4. The van der Waals surface area contributed by atoms with Gasteiger partial charge in [-0.25, -0.2) is 19.9 Å². The van der Waals surface area contributed by atoms with Crippen molar-refractivity contribution in [3.63, 3.8) is 0 Å². The van der Waals surface area contributed by atoms with E-state index in [2.05, 4.69) is 287 Å². The molecule has 540 valence electrons. The minimum Gasteiger partial charge on any atom is -0.455 e. The lowest BCUT2D eigenvalue weighted by Crippen LogP contribution is -1.99. The molecule has 116 heavy (non-hydrogen) atoms. The fourth-order valence-electron chi connectivity index (χ4n) is 16.7. The van der Waals surface area contributed by atoms with Crippen LogP contribution in [0.5, 0.6) is 0 Å². The molecule has 0 aliphatic heterocycles. The summed E-state index contributed by atoms with van der Waals surface area (Å²) in [6.07, 6.45) is 0. The van der Waals surface area contributed by atoms with E-state index >= 15 is 0 Å². The predicted octanol–water partition coefficient (Wildman–Crippen LogP) is 26.9. The monoisotopic (exact) mass is 1480 g/mol. The Balaban J connectivity index is 0.000000145. The van der Waals surface area contributed by atoms with Crippen LogP contribution >= 0.6 is 0 Å². The molecule has 22 rings (SSSR count). The van der Waals surface area contributed by atoms with Crippen LogP contribution in [0.15, 0.2) is 399 Å². The molecule has 0 spiro atoms. The fraction of sp³-hybridized carbons (Fsp3) is 0. The highest BCUT2D eigenvalue weighted by atomic mass is 16.3. The number of nitriles is 2. The third-order valence-electron chi connectivity index (χ3n) is 22.2. The van der Waals surface area contributed by atoms with E-state index in [1.807, 2.05) is 133 Å². The summed E-state index contributed by atoms with van der Waals surface area (Å²) in [5.41, 5.74) is 28.1. The normalized spacial score (nSPS) is 11.4. The van der Waals surface area contributed by atoms with E-state index in [0.29, 0.717) is 22.8 Å². The molecule has 10 nitrogen and oxygen atoms in total. The summed E-state index contributed by atoms with van der Waals surface area (Å²) in [5, 5.41) is 28.6. The van der Waals surface area contributed by atoms with Gasteiger partial charge in [-0.05, 0) is 155 Å². The Morgan fingerprint density at radius 3 is 1.02 bits per heavy atom. The van der Waals surface area contributed by atoms with Crippen molar-refractivity contribution in [1.82, 2.24) is 33.6 Å². The first-order valence-electron chi connectivity index (χ1n) is 38.7. The summed E-state index contributed by atoms with van der Waals surface area (Å²) in [6, 6.07) is 141. The van der Waals surface area contributed by atoms with E-state index in [-0.39, 0.29) is 0 Å². The van der Waals surface area contributed by atoms with E-state index < -0.39 is 0 Å². The molecular weight excluding hydrogens is 1420 g/mol. The van der Waals surface area contributed by atoms with E-state index in [0.717, 1.165) is 167 Å². The van der Waals surface area contributed by atoms with Gasteiger partial charge in [-0.3, -0.25) is 0 Å². The van der Waals surface area contributed by atoms with E-state index in [9.17, 15) is 10.5 Å². The molecule has 0 radical (unpaired) electrons. The maximum Gasteiger partial charge on any atom is 0.160 e. The number of para-hydroxylation sites is 6. The molecule has 22 aromatic rings. The number of hydrogen-bond acceptors (Lipinski definition) is 7. The molecule has 0 saturated carbocycles. The summed E-state index contributed by atoms with van der Waals surface area (Å²) < 4.78 is 13.6. The zero-order valence-electron chi connectivity index (χ0n) is 62.5. The molecule has 0 N–H and O–H groups in total. The van der Waals surface area contributed by atoms with Crippen LogP contribution in [0, 0.1) is 22.7 Å². The minimum absolute atomic E-state index is 0.612. The maximum atomic E-state index is 9.63. The Hall–Kier alpha value is -16.1. The van der Waals surface area contributed by atoms with Gasteiger partial charge in [-0.1, -0.05) is 267 Å². The van der Waals surface area contributed by atoms with Crippen molar-refractivity contribution in [3.8, 4) is 130 Å². The molecule has 0 bridgehead atoms. The maximum absolute atomic E-state index is 9.63. The molecule has 0 aliphatic rings. The molecule has 0 amide bonds. The van der Waals surface area contributed by atoms with Gasteiger partial charge in [0.2, 0.25) is 0 Å². The van der Waals surface area contributed by atoms with Crippen molar-refractivity contribution in [2.75, 3.05) is 0 Å². The first-order valence-corrected chi connectivity index (χ1v) is 38.7. The van der Waals surface area contributed by atoms with Gasteiger partial charge in [-0.2, -0.15) is 10.5 Å². The van der Waals surface area contributed by atoms with Crippen molar-refractivity contribution >= 4 is 87.4 Å². The number of fused-ring (bicyclic) bond motifs is 12. The molecule has 0 saturated heterocycles. The lowest BCUT2D eigenvalue weighted by molar-refractivity contribution is 0.670. The van der Waals surface area contributed by atoms with Crippen LogP contribution in [0.2, 0.25) is 0 Å². The third kappa shape index (κ3) is 12.2. The number of furan rings is 1. The quantitative estimate of drug-likeness (QED) is 0.119. The Labute approximate surface area is 667 Å². The third-order valence-corrected chi connectivity index (χ3v) is 22.2. The van der Waals surface area contributed by atoms with E-state index in [4.69, 9.17) is 24.4 Å². The molecule has 0 fully saturated rings. The van der Waals surface area contributed by atoms with Gasteiger partial charge in [0.15, 0.2) is 11.6 Å². The second-order valence-electron chi connectivity index (χ2n) is 29.1. The Morgan fingerprint density at radius 1 is 0.216 bits per heavy atom. The summed E-state index contributed by atoms with van der Waals surface area (Å²) >= 11 is 0. The van der Waals surface area contributed by atoms with Gasteiger partial charge >= 0.3 is 0 Å². The highest BCUT2D eigenvalue weighted by molar-refractivity contribution is 6.15. The van der Waals surface area contributed by atoms with Crippen molar-refractivity contribution in [2.24, 2.45) is 0 Å². The van der Waals surface area contributed by atoms with Crippen molar-refractivity contribution < 1.29 is 4.42 Å². The zero-order chi connectivity index (χ0) is 77.2. The standard InChI is InChI=1S/C53H33N5.C53H32N4O/c54-34-35-23-25-36(26-24-35)39-29-40(53-55-47(37-13-3-1-4-14-37)33-48(56-53)38-15-5-2-6-16-38)31-42(30-39)58-51-22-12-9-19-45(51)46-32-41(27-28-52(46)58)57-49-20-10-7-17-43(49)44-18-8-11-21-50(44)57;54-33-34-22-24-35(25-23-34)39-28-40(53-55-47(36-12-3-1-4-13-36)32-48(56-53)37-14-5-2-6-15-37)30-41(29-39)57-49-20-9-7-16-43(49)44-27-26-38(31-50(44)57)42-18-11-19-46-45-17-8-10-21-51(45)58-52(42)46/h1-33H;1-32H. The van der Waals surface area contributed by atoms with Gasteiger partial charge < -0.3 is 18.1 Å². The van der Waals surface area contributed by atoms with Crippen LogP contribution in [0.3, 0.4) is 0 Å². The summed E-state index contributed by atoms with van der Waals surface area (Å²) in [5.74, 6) is 1.25. The molecule has 10 heteroatoms. The van der Waals surface area contributed by atoms with E-state index in [1.165, 1.54) is 27.2 Å². The zero-order valence-corrected chi connectivity index (χ0v) is 62.5. The molecule has 0 aliphatic carbocycles. The molecule has 0 atom stereocenters. The van der Waals surface area contributed by atoms with Gasteiger partial charge in [0, 0.05) is 99.1 Å². The number of nitrogens with zero attached hydrogens (tertiary/aromatic N) is 9. The topological polar surface area (TPSA) is 127 Å². The highest BCUT2D eigenvalue weighted by Crippen LogP contribution is 2.44. The fourth-order valence-corrected chi connectivity index (χ4v) is 16.7. The SMILES string of the molecule is N#Cc1ccc(-c2cc(-c3nc(-c4ccccc4)cc(-c4ccccc4)n3)cc(-n3c4ccccc4c4cc(-n5c6ccccc6c6ccccc65)ccc43)c2)cc1.N#Cc1ccc(-c2cc(-c3nc(-c4ccccc4)cc(-c4ccccc4)n3)cc(-n3c4ccccc4c4ccc(-c5cccc6c5oc5ccccc56)cc43)c2)cc1. The Bertz CT molecular complexity index is 7530. The summed E-state index contributed by atoms with van der Waals surface area (Å²) in [4.78, 5) is 20.9. The van der Waals surface area contributed by atoms with Crippen LogP contribution in [-0.4, -0.2) is 33.6 Å². The summed E-state index contributed by atoms with van der Waals surface area (Å²) in [6.45, 7) is 0. The lowest BCUT2D eigenvalue weighted by Gasteiger charge is -2.15. The first kappa shape index (κ1) is 67.9. The average molecular weight is 1480 g/mol. The van der Waals surface area contributed by atoms with Crippen LogP contribution in [0.4, 0.5) is 0 Å². The number of aromatic nitrogens is 7. The summed E-state index contributed by atoms with van der Waals surface area (Å²) in [7, 11) is 0. The largest absolute Gasteiger partial charge is 0.455 e. The molecule has 6 aromatic heterocycles. The Morgan fingerprint density at radius 2 is 0.569 bits per heavy atom. The minimum atomic E-state index is 0.612. The second kappa shape index (κ2) is 28.6. The van der Waals surface area contributed by atoms with Crippen molar-refractivity contribution in [1.29, 1.82) is 10.5 Å². The van der Waals surface area contributed by atoms with Gasteiger partial charge in [0.1, 0.15) is 11.2 Å². The van der Waals surface area contributed by atoms with Crippen molar-refractivity contribution in [3.05, 3.63) is 405 Å². The number of benzene rings is 16. The average Bonchev–Trinajstić information content (AvgIpc) is 1.58. The number of hydrogen-bond donors (Lipinski definition) is 0. The van der Waals surface area contributed by atoms with E-state index in [1.54, 1.807) is 0 Å². The molecule has 0 unspecified atom stereocenters. The molecule has 6 heterocycles. The van der Waals surface area contributed by atoms with Crippen LogP contribution < -0.4 is 0 Å². The van der Waals surface area contributed by atoms with Gasteiger partial charge in [-0.15, -0.1) is 0 Å². The number of rotatable bonds is 12. The predicted molar refractivity (Wildman–Crippen MR) is 473 cm³/mol. The van der Waals surface area contributed by atoms with Crippen LogP contribution in [-0.2, 0) is 0 Å². The lowest BCUT2D eigenvalue weighted by atomic mass is 9.99. The van der Waals surface area contributed by atoms with Crippen LogP contribution in [0.25, 0.3) is 206 Å². The smallest absolute Gasteiger partial charge is 0.160 e. The Kier molecular flexibility index (Phi) is 16.8. The van der Waals surface area contributed by atoms with Crippen LogP contribution in [0.1, 0.15) is 11.1 Å². The second-order valence-corrected chi connectivity index (χ2v) is 29.1. The van der Waals surface area contributed by atoms with Crippen molar-refractivity contribution in [2.45, 2.75) is 0 Å². The van der Waals surface area contributed by atoms with Gasteiger partial charge in [0.25, 0.3) is 0 Å². The van der Waals surface area contributed by atoms with Gasteiger partial charge in [0.05, 0.1) is 79.1 Å².